The SMILES string of the molecule is C[C](C)=[Ti]([C]1=CC=CC1)([C]1=CC=CC1)=[Si](C)C.[H-].[H-]. The molecule has 2 aliphatic carbocycles. The van der Waals surface area contributed by atoms with Gasteiger partial charge in [-0.1, -0.05) is 0 Å². The molecule has 0 bridgehead atoms. The average molecular weight is 280 g/mol. The number of allylic oxidation sites excluding steroid dienone is 8. The smallest absolute Gasteiger partial charge is 1.00 e. The molecule has 0 aliphatic heterocycles. The van der Waals surface area contributed by atoms with E-state index in [1.807, 2.05) is 0 Å². The molecule has 0 radical (unpaired) electrons. The first kappa shape index (κ1) is 13.2. The summed E-state index contributed by atoms with van der Waals surface area (Å²) >= 11 is -2.08. The van der Waals surface area contributed by atoms with Gasteiger partial charge < -0.3 is 2.85 Å². The van der Waals surface area contributed by atoms with Crippen LogP contribution in [0.3, 0.4) is 0 Å². The van der Waals surface area contributed by atoms with Crippen molar-refractivity contribution in [2.24, 2.45) is 0 Å². The molecular formula is C15H24SiTi-2. The van der Waals surface area contributed by atoms with E-state index in [2.05, 4.69) is 63.4 Å². The zero-order valence-electron chi connectivity index (χ0n) is 13.4. The van der Waals surface area contributed by atoms with Crippen molar-refractivity contribution in [1.82, 2.24) is 0 Å². The molecular weight excluding hydrogens is 256 g/mol. The van der Waals surface area contributed by atoms with Crippen LogP contribution in [-0.2, 0) is 14.9 Å². The molecule has 0 saturated heterocycles. The molecule has 0 N–H and O–H groups in total. The summed E-state index contributed by atoms with van der Waals surface area (Å²) in [6.45, 7) is 9.87. The van der Waals surface area contributed by atoms with Crippen molar-refractivity contribution in [3.8, 4) is 0 Å². The van der Waals surface area contributed by atoms with Crippen LogP contribution in [0.25, 0.3) is 0 Å². The second-order valence-electron chi connectivity index (χ2n) is 5.40. The Bertz CT molecular complexity index is 519. The Morgan fingerprint density at radius 3 is 1.76 bits per heavy atom. The largest absolute Gasteiger partial charge is 1.00 e. The zero-order valence-corrected chi connectivity index (χ0v) is 13.9. The van der Waals surface area contributed by atoms with Crippen molar-refractivity contribution in [2.45, 2.75) is 39.8 Å². The zero-order chi connectivity index (χ0) is 12.5. The molecule has 0 aromatic rings. The van der Waals surface area contributed by atoms with Gasteiger partial charge in [0.05, 0.1) is 0 Å². The molecule has 0 nitrogen and oxygen atoms in total. The first-order valence-corrected chi connectivity index (χ1v) is 13.6. The van der Waals surface area contributed by atoms with Crippen LogP contribution in [0.5, 0.6) is 0 Å². The van der Waals surface area contributed by atoms with Crippen LogP contribution in [0.4, 0.5) is 0 Å². The molecule has 0 aromatic carbocycles. The van der Waals surface area contributed by atoms with Gasteiger partial charge in [-0.05, 0) is 0 Å². The maximum atomic E-state index is 2.54. The Balaban J connectivity index is 0.00000162. The minimum atomic E-state index is -2.08. The third kappa shape index (κ3) is 2.09. The molecule has 0 unspecified atom stereocenters. The van der Waals surface area contributed by atoms with Crippen LogP contribution >= 0.6 is 0 Å². The molecule has 0 saturated carbocycles. The van der Waals surface area contributed by atoms with Crippen LogP contribution in [0.2, 0.25) is 13.1 Å². The van der Waals surface area contributed by atoms with Crippen molar-refractivity contribution in [3.05, 3.63) is 44.2 Å². The van der Waals surface area contributed by atoms with Crippen LogP contribution in [0.1, 0.15) is 29.5 Å². The average Bonchev–Trinajstić information content (AvgIpc) is 2.88. The monoisotopic (exact) mass is 280 g/mol. The normalized spacial score (nSPS) is 17.4. The second-order valence-corrected chi connectivity index (χ2v) is 21.1. The third-order valence-electron chi connectivity index (χ3n) is 4.01. The predicted molar refractivity (Wildman–Crippen MR) is 79.7 cm³/mol. The molecule has 0 aromatic heterocycles. The number of hydrogen-bond acceptors (Lipinski definition) is 0. The quantitative estimate of drug-likeness (QED) is 0.653. The molecule has 0 spiro atoms. The Kier molecular flexibility index (Phi) is 4.02. The standard InChI is InChI=1S/2C5H5.C3H6.C2H6Si.Ti.2H/c2*1-2-4-5-3-1;2*1-3-2;;;/h2*1-3H,4H2;2*1-2H3;;;/q;;;;;2*-1. The van der Waals surface area contributed by atoms with Gasteiger partial charge in [0.25, 0.3) is 0 Å². The van der Waals surface area contributed by atoms with E-state index in [1.165, 1.54) is 12.8 Å². The van der Waals surface area contributed by atoms with Crippen molar-refractivity contribution in [3.63, 3.8) is 0 Å². The van der Waals surface area contributed by atoms with Crippen LogP contribution in [0.15, 0.2) is 44.2 Å². The Labute approximate surface area is 111 Å². The van der Waals surface area contributed by atoms with E-state index in [4.69, 9.17) is 0 Å². The summed E-state index contributed by atoms with van der Waals surface area (Å²) in [4.78, 5) is 0. The maximum absolute atomic E-state index is 2.54. The van der Waals surface area contributed by atoms with Gasteiger partial charge in [-0.25, -0.2) is 0 Å². The van der Waals surface area contributed by atoms with Crippen molar-refractivity contribution in [2.75, 3.05) is 0 Å². The topological polar surface area (TPSA) is 0 Å². The van der Waals surface area contributed by atoms with E-state index in [0.717, 1.165) is 0 Å². The molecule has 0 amide bonds. The number of hydrogen-bond donors (Lipinski definition) is 0. The molecule has 0 atom stereocenters. The summed E-state index contributed by atoms with van der Waals surface area (Å²) in [7, 11) is 0. The summed E-state index contributed by atoms with van der Waals surface area (Å²) in [5, 5.41) is 0. The third-order valence-corrected chi connectivity index (χ3v) is 23.8. The van der Waals surface area contributed by atoms with Gasteiger partial charge in [0.2, 0.25) is 0 Å². The molecule has 94 valence electrons. The summed E-state index contributed by atoms with van der Waals surface area (Å²) in [6.07, 6.45) is 16.3. The Morgan fingerprint density at radius 2 is 1.53 bits per heavy atom. The molecule has 0 fully saturated rings. The summed E-state index contributed by atoms with van der Waals surface area (Å²) in [5.41, 5.74) is 0. The van der Waals surface area contributed by atoms with Crippen LogP contribution < -0.4 is 0 Å². The van der Waals surface area contributed by atoms with E-state index in [0.29, 0.717) is 0 Å². The van der Waals surface area contributed by atoms with Gasteiger partial charge >= 0.3 is 109 Å². The fourth-order valence-electron chi connectivity index (χ4n) is 3.44. The molecule has 0 heterocycles. The van der Waals surface area contributed by atoms with Gasteiger partial charge in [0.1, 0.15) is 0 Å². The van der Waals surface area contributed by atoms with Crippen molar-refractivity contribution < 1.29 is 17.7 Å². The van der Waals surface area contributed by atoms with E-state index in [-0.39, 0.29) is 9.04 Å². The van der Waals surface area contributed by atoms with E-state index < -0.39 is 14.9 Å². The summed E-state index contributed by atoms with van der Waals surface area (Å²) in [5.74, 6) is 0. The van der Waals surface area contributed by atoms with Gasteiger partial charge in [-0.2, -0.15) is 0 Å². The van der Waals surface area contributed by atoms with Crippen LogP contribution in [-0.4, -0.2) is 10.00 Å². The minimum absolute atomic E-state index is 0. The van der Waals surface area contributed by atoms with Crippen molar-refractivity contribution in [1.29, 1.82) is 0 Å². The summed E-state index contributed by atoms with van der Waals surface area (Å²) < 4.78 is 5.37. The molecule has 2 aliphatic rings. The first-order chi connectivity index (χ1) is 8.10. The maximum Gasteiger partial charge on any atom is -1.00 e. The first-order valence-electron chi connectivity index (χ1n) is 6.43. The van der Waals surface area contributed by atoms with E-state index in [9.17, 15) is 0 Å². The van der Waals surface area contributed by atoms with E-state index >= 15 is 0 Å². The predicted octanol–water partition coefficient (Wildman–Crippen LogP) is 4.52. The van der Waals surface area contributed by atoms with Gasteiger partial charge in [-0.3, -0.25) is 0 Å². The molecule has 2 heteroatoms. The second kappa shape index (κ2) is 5.17. The Morgan fingerprint density at radius 1 is 1.06 bits per heavy atom. The minimum Gasteiger partial charge on any atom is -1.00 e. The summed E-state index contributed by atoms with van der Waals surface area (Å²) in [6, 6.07) is 0. The fourth-order valence-corrected chi connectivity index (χ4v) is 23.0. The molecule has 2 rings (SSSR count). The fraction of sp³-hybridized carbons (Fsp3) is 0.400. The Hall–Kier alpha value is -0.239. The van der Waals surface area contributed by atoms with Gasteiger partial charge in [0.15, 0.2) is 0 Å². The molecule has 17 heavy (non-hydrogen) atoms. The van der Waals surface area contributed by atoms with Crippen molar-refractivity contribution >= 4 is 10.00 Å². The number of rotatable bonds is 2. The van der Waals surface area contributed by atoms with Gasteiger partial charge in [-0.15, -0.1) is 0 Å². The van der Waals surface area contributed by atoms with E-state index in [1.54, 1.807) is 11.6 Å². The van der Waals surface area contributed by atoms with Gasteiger partial charge in [0, 0.05) is 0 Å². The van der Waals surface area contributed by atoms with Crippen LogP contribution in [0, 0.1) is 0 Å².